The molecule has 172 valence electrons. The molecule has 0 fully saturated rings. The monoisotopic (exact) mass is 459 g/mol. The number of anilines is 2. The van der Waals surface area contributed by atoms with Gasteiger partial charge in [0.05, 0.1) is 11.5 Å². The van der Waals surface area contributed by atoms with Crippen LogP contribution in [0.2, 0.25) is 0 Å². The van der Waals surface area contributed by atoms with Crippen LogP contribution in [0.5, 0.6) is 0 Å². The first-order chi connectivity index (χ1) is 15.5. The van der Waals surface area contributed by atoms with Gasteiger partial charge in [0.15, 0.2) is 0 Å². The SMILES string of the molecule is CCN(C(=O)Nc1ccc(-c2c(C(=O)[O-])c[nH]c2C(N)=O)cc1)c1cccc(C(F)(F)F)c1. The topological polar surface area (TPSA) is 131 Å². The van der Waals surface area contributed by atoms with Gasteiger partial charge >= 0.3 is 12.2 Å². The number of nitrogens with zero attached hydrogens (tertiary/aromatic N) is 1. The zero-order chi connectivity index (χ0) is 24.3. The van der Waals surface area contributed by atoms with Gasteiger partial charge in [0, 0.05) is 35.2 Å². The van der Waals surface area contributed by atoms with Gasteiger partial charge < -0.3 is 25.9 Å². The average Bonchev–Trinajstić information content (AvgIpc) is 3.20. The molecule has 8 nitrogen and oxygen atoms in total. The van der Waals surface area contributed by atoms with E-state index in [2.05, 4.69) is 10.3 Å². The quantitative estimate of drug-likeness (QED) is 0.522. The second kappa shape index (κ2) is 9.07. The molecule has 2 aromatic carbocycles. The van der Waals surface area contributed by atoms with Gasteiger partial charge in [-0.3, -0.25) is 9.69 Å². The Hall–Kier alpha value is -4.28. The normalized spacial score (nSPS) is 11.2. The maximum atomic E-state index is 13.0. The number of aromatic carboxylic acids is 1. The van der Waals surface area contributed by atoms with Gasteiger partial charge in [-0.1, -0.05) is 18.2 Å². The van der Waals surface area contributed by atoms with Crippen molar-refractivity contribution in [3.05, 3.63) is 71.5 Å². The number of hydrogen-bond acceptors (Lipinski definition) is 4. The van der Waals surface area contributed by atoms with Gasteiger partial charge in [-0.05, 0) is 42.8 Å². The summed E-state index contributed by atoms with van der Waals surface area (Å²) in [7, 11) is 0. The molecule has 0 spiro atoms. The fraction of sp³-hybridized carbons (Fsp3) is 0.136. The number of rotatable bonds is 6. The molecule has 3 amide bonds. The lowest BCUT2D eigenvalue weighted by molar-refractivity contribution is -0.254. The summed E-state index contributed by atoms with van der Waals surface area (Å²) in [6.45, 7) is 1.72. The minimum Gasteiger partial charge on any atom is -0.545 e. The standard InChI is InChI=1S/C22H19F3N4O4/c1-2-29(15-5-3-4-13(10-15)22(23,24)25)21(33)28-14-8-6-12(7-9-14)17-16(20(31)32)11-27-18(17)19(26)30/h3-11,27H,2H2,1H3,(H2,26,30)(H,28,33)(H,31,32)/p-1. The third kappa shape index (κ3) is 4.97. The Balaban J connectivity index is 1.84. The smallest absolute Gasteiger partial charge is 0.416 e. The van der Waals surface area contributed by atoms with E-state index in [9.17, 15) is 32.7 Å². The van der Waals surface area contributed by atoms with Gasteiger partial charge in [-0.15, -0.1) is 0 Å². The molecule has 0 unspecified atom stereocenters. The van der Waals surface area contributed by atoms with Gasteiger partial charge in [0.25, 0.3) is 5.91 Å². The molecule has 0 atom stereocenters. The maximum Gasteiger partial charge on any atom is 0.416 e. The Morgan fingerprint density at radius 3 is 2.33 bits per heavy atom. The fourth-order valence-corrected chi connectivity index (χ4v) is 3.28. The molecule has 0 saturated carbocycles. The van der Waals surface area contributed by atoms with E-state index >= 15 is 0 Å². The predicted octanol–water partition coefficient (Wildman–Crippen LogP) is 3.22. The molecule has 33 heavy (non-hydrogen) atoms. The molecule has 0 aliphatic rings. The number of nitrogens with two attached hydrogens (primary N) is 1. The highest BCUT2D eigenvalue weighted by Gasteiger charge is 2.31. The number of primary amides is 1. The summed E-state index contributed by atoms with van der Waals surface area (Å²) in [4.78, 5) is 39.3. The highest BCUT2D eigenvalue weighted by molar-refractivity contribution is 6.06. The molecular weight excluding hydrogens is 441 g/mol. The maximum absolute atomic E-state index is 13.0. The lowest BCUT2D eigenvalue weighted by atomic mass is 10.0. The van der Waals surface area contributed by atoms with Gasteiger partial charge in [-0.25, -0.2) is 4.79 Å². The van der Waals surface area contributed by atoms with Crippen molar-refractivity contribution < 1.29 is 32.7 Å². The number of aromatic nitrogens is 1. The summed E-state index contributed by atoms with van der Waals surface area (Å²) in [6, 6.07) is 9.54. The summed E-state index contributed by atoms with van der Waals surface area (Å²) < 4.78 is 39.0. The van der Waals surface area contributed by atoms with Gasteiger partial charge in [0.2, 0.25) is 0 Å². The lowest BCUT2D eigenvalue weighted by Gasteiger charge is -2.22. The Morgan fingerprint density at radius 1 is 1.12 bits per heavy atom. The van der Waals surface area contributed by atoms with Crippen LogP contribution in [0.3, 0.4) is 0 Å². The number of nitrogens with one attached hydrogen (secondary N) is 2. The molecule has 0 saturated heterocycles. The fourth-order valence-electron chi connectivity index (χ4n) is 3.28. The zero-order valence-corrected chi connectivity index (χ0v) is 17.2. The Labute approximate surface area is 185 Å². The Kier molecular flexibility index (Phi) is 6.43. The van der Waals surface area contributed by atoms with E-state index in [1.807, 2.05) is 0 Å². The number of urea groups is 1. The number of aromatic amines is 1. The molecule has 4 N–H and O–H groups in total. The number of H-pyrrole nitrogens is 1. The van der Waals surface area contributed by atoms with Crippen molar-refractivity contribution in [2.75, 3.05) is 16.8 Å². The van der Waals surface area contributed by atoms with E-state index in [1.54, 1.807) is 6.92 Å². The largest absolute Gasteiger partial charge is 0.545 e. The highest BCUT2D eigenvalue weighted by Crippen LogP contribution is 2.32. The first kappa shape index (κ1) is 23.4. The van der Waals surface area contributed by atoms with Crippen molar-refractivity contribution in [2.24, 2.45) is 5.73 Å². The summed E-state index contributed by atoms with van der Waals surface area (Å²) in [6.07, 6.45) is -3.46. The van der Waals surface area contributed by atoms with Crippen molar-refractivity contribution in [3.8, 4) is 11.1 Å². The average molecular weight is 459 g/mol. The van der Waals surface area contributed by atoms with E-state index in [4.69, 9.17) is 5.73 Å². The van der Waals surface area contributed by atoms with Crippen LogP contribution in [-0.2, 0) is 6.18 Å². The van der Waals surface area contributed by atoms with Crippen molar-refractivity contribution in [1.29, 1.82) is 0 Å². The summed E-state index contributed by atoms with van der Waals surface area (Å²) in [5.41, 5.74) is 4.76. The van der Waals surface area contributed by atoms with E-state index in [0.29, 0.717) is 11.3 Å². The minimum absolute atomic E-state index is 0.0412. The second-order valence-corrected chi connectivity index (χ2v) is 6.90. The van der Waals surface area contributed by atoms with Crippen molar-refractivity contribution >= 4 is 29.3 Å². The van der Waals surface area contributed by atoms with Crippen molar-refractivity contribution in [2.45, 2.75) is 13.1 Å². The van der Waals surface area contributed by atoms with E-state index in [1.165, 1.54) is 36.4 Å². The first-order valence-electron chi connectivity index (χ1n) is 9.61. The third-order valence-electron chi connectivity index (χ3n) is 4.82. The highest BCUT2D eigenvalue weighted by atomic mass is 19.4. The summed E-state index contributed by atoms with van der Waals surface area (Å²) in [5.74, 6) is -2.37. The van der Waals surface area contributed by atoms with Crippen LogP contribution < -0.4 is 21.1 Å². The van der Waals surface area contributed by atoms with E-state index < -0.39 is 29.6 Å². The molecule has 0 aliphatic carbocycles. The Bertz CT molecular complexity index is 1170. The van der Waals surface area contributed by atoms with Crippen LogP contribution in [-0.4, -0.2) is 29.4 Å². The van der Waals surface area contributed by atoms with E-state index in [-0.39, 0.29) is 29.1 Å². The number of carboxylic acids is 1. The van der Waals surface area contributed by atoms with Crippen LogP contribution in [0.15, 0.2) is 54.7 Å². The summed E-state index contributed by atoms with van der Waals surface area (Å²) >= 11 is 0. The van der Waals surface area contributed by atoms with Crippen LogP contribution in [0.1, 0.15) is 33.3 Å². The molecule has 0 bridgehead atoms. The van der Waals surface area contributed by atoms with E-state index in [0.717, 1.165) is 23.2 Å². The van der Waals surface area contributed by atoms with Crippen LogP contribution in [0.4, 0.5) is 29.3 Å². The number of carboxylic acid groups (broad SMARTS) is 1. The molecule has 0 radical (unpaired) electrons. The number of alkyl halides is 3. The molecule has 1 aromatic heterocycles. The summed E-state index contributed by atoms with van der Waals surface area (Å²) in [5, 5.41) is 13.9. The molecule has 11 heteroatoms. The molecule has 0 aliphatic heterocycles. The third-order valence-corrected chi connectivity index (χ3v) is 4.82. The van der Waals surface area contributed by atoms with Gasteiger partial charge in [0.1, 0.15) is 5.69 Å². The van der Waals surface area contributed by atoms with Crippen LogP contribution in [0.25, 0.3) is 11.1 Å². The molecule has 3 rings (SSSR count). The number of benzene rings is 2. The zero-order valence-electron chi connectivity index (χ0n) is 17.2. The van der Waals surface area contributed by atoms with Gasteiger partial charge in [-0.2, -0.15) is 13.2 Å². The minimum atomic E-state index is -4.55. The Morgan fingerprint density at radius 2 is 1.79 bits per heavy atom. The van der Waals surface area contributed by atoms with Crippen molar-refractivity contribution in [1.82, 2.24) is 4.98 Å². The molecule has 3 aromatic rings. The second-order valence-electron chi connectivity index (χ2n) is 6.90. The lowest BCUT2D eigenvalue weighted by Crippen LogP contribution is -2.34. The van der Waals surface area contributed by atoms with Crippen LogP contribution >= 0.6 is 0 Å². The van der Waals surface area contributed by atoms with Crippen molar-refractivity contribution in [3.63, 3.8) is 0 Å². The molecular formula is C22H18F3N4O4-. The number of carbonyl (C=O) groups excluding carboxylic acids is 3. The van der Waals surface area contributed by atoms with Crippen LogP contribution in [0, 0.1) is 0 Å². The number of carbonyl (C=O) groups is 3. The first-order valence-corrected chi connectivity index (χ1v) is 9.61. The number of halogens is 3. The number of amides is 3. The number of hydrogen-bond donors (Lipinski definition) is 3. The predicted molar refractivity (Wildman–Crippen MR) is 113 cm³/mol. The molecule has 1 heterocycles.